The zero-order chi connectivity index (χ0) is 18.0. The van der Waals surface area contributed by atoms with Crippen LogP contribution < -0.4 is 14.9 Å². The van der Waals surface area contributed by atoms with Gasteiger partial charge in [-0.1, -0.05) is 18.2 Å². The predicted molar refractivity (Wildman–Crippen MR) is 98.4 cm³/mol. The van der Waals surface area contributed by atoms with Crippen molar-refractivity contribution in [3.8, 4) is 5.75 Å². The van der Waals surface area contributed by atoms with Gasteiger partial charge in [-0.3, -0.25) is 0 Å². The van der Waals surface area contributed by atoms with Crippen molar-refractivity contribution in [2.75, 3.05) is 13.1 Å². The van der Waals surface area contributed by atoms with Crippen molar-refractivity contribution in [1.29, 1.82) is 0 Å². The van der Waals surface area contributed by atoms with Gasteiger partial charge in [-0.05, 0) is 23.8 Å². The molecule has 1 aliphatic heterocycles. The first kappa shape index (κ1) is 17.4. The summed E-state index contributed by atoms with van der Waals surface area (Å²) in [5.41, 5.74) is 4.42. The van der Waals surface area contributed by atoms with E-state index in [1.165, 1.54) is 11.3 Å². The minimum Gasteiger partial charge on any atom is -0.337 e. The molecule has 1 aliphatic rings. The van der Waals surface area contributed by atoms with Crippen molar-refractivity contribution in [1.82, 2.24) is 15.0 Å². The van der Waals surface area contributed by atoms with Gasteiger partial charge in [0.15, 0.2) is 5.75 Å². The van der Waals surface area contributed by atoms with E-state index in [0.717, 1.165) is 16.9 Å². The molecule has 2 aromatic carbocycles. The molecule has 1 aromatic heterocycles. The highest BCUT2D eigenvalue weighted by Crippen LogP contribution is 2.27. The molecule has 0 spiro atoms. The fraction of sp³-hybridized carbons (Fsp3) is 0.235. The molecule has 26 heavy (non-hydrogen) atoms. The van der Waals surface area contributed by atoms with E-state index in [0.29, 0.717) is 36.5 Å². The standard InChI is InChI=1S/C17H17N3O4S2/c21-26(22,16-3-1-2-14-17(16)25-11-19-14)20-7-6-18-9-12-4-5-13-10-23-24-15(13)8-12/h1-5,8,11,18,20H,6-7,9-10H2. The van der Waals surface area contributed by atoms with E-state index >= 15 is 0 Å². The van der Waals surface area contributed by atoms with Crippen molar-refractivity contribution in [3.05, 3.63) is 53.0 Å². The second-order valence-electron chi connectivity index (χ2n) is 5.82. The minimum absolute atomic E-state index is 0.272. The average molecular weight is 391 g/mol. The first-order valence-corrected chi connectivity index (χ1v) is 10.4. The van der Waals surface area contributed by atoms with Crippen LogP contribution in [0, 0.1) is 0 Å². The molecular formula is C17H17N3O4S2. The van der Waals surface area contributed by atoms with Crippen LogP contribution in [0.25, 0.3) is 10.2 Å². The van der Waals surface area contributed by atoms with Crippen LogP contribution in [0.4, 0.5) is 0 Å². The highest BCUT2D eigenvalue weighted by Gasteiger charge is 2.18. The van der Waals surface area contributed by atoms with Crippen LogP contribution in [0.3, 0.4) is 0 Å². The third kappa shape index (κ3) is 3.57. The number of sulfonamides is 1. The highest BCUT2D eigenvalue weighted by molar-refractivity contribution is 7.90. The van der Waals surface area contributed by atoms with Crippen molar-refractivity contribution >= 4 is 31.6 Å². The summed E-state index contributed by atoms with van der Waals surface area (Å²) in [7, 11) is -3.57. The Kier molecular flexibility index (Phi) is 4.88. The lowest BCUT2D eigenvalue weighted by molar-refractivity contribution is -0.194. The van der Waals surface area contributed by atoms with Gasteiger partial charge in [-0.25, -0.2) is 18.1 Å². The van der Waals surface area contributed by atoms with Crippen LogP contribution in [0.5, 0.6) is 5.75 Å². The fourth-order valence-corrected chi connectivity index (χ4v) is 5.02. The molecule has 0 atom stereocenters. The highest BCUT2D eigenvalue weighted by atomic mass is 32.2. The Labute approximate surface area is 155 Å². The van der Waals surface area contributed by atoms with Gasteiger partial charge >= 0.3 is 0 Å². The summed E-state index contributed by atoms with van der Waals surface area (Å²) in [6.45, 7) is 1.88. The molecule has 0 radical (unpaired) electrons. The van der Waals surface area contributed by atoms with Crippen molar-refractivity contribution in [2.24, 2.45) is 0 Å². The lowest BCUT2D eigenvalue weighted by Gasteiger charge is -2.09. The molecule has 0 fully saturated rings. The van der Waals surface area contributed by atoms with Crippen LogP contribution in [-0.4, -0.2) is 26.5 Å². The van der Waals surface area contributed by atoms with Gasteiger partial charge in [0.25, 0.3) is 0 Å². The normalized spacial score (nSPS) is 13.7. The van der Waals surface area contributed by atoms with Gasteiger partial charge in [-0.15, -0.1) is 11.3 Å². The SMILES string of the molecule is O=S(=O)(NCCNCc1ccc2c(c1)OOC2)c1cccc2ncsc12. The molecule has 9 heteroatoms. The van der Waals surface area contributed by atoms with E-state index in [2.05, 4.69) is 15.0 Å². The Hall–Kier alpha value is -2.04. The van der Waals surface area contributed by atoms with E-state index in [4.69, 9.17) is 9.78 Å². The van der Waals surface area contributed by atoms with Crippen LogP contribution in [0.2, 0.25) is 0 Å². The molecule has 7 nitrogen and oxygen atoms in total. The lowest BCUT2D eigenvalue weighted by atomic mass is 10.1. The number of nitrogens with zero attached hydrogens (tertiary/aromatic N) is 1. The number of benzene rings is 2. The number of nitrogens with one attached hydrogen (secondary N) is 2. The molecular weight excluding hydrogens is 374 g/mol. The van der Waals surface area contributed by atoms with Crippen LogP contribution >= 0.6 is 11.3 Å². The molecule has 0 amide bonds. The summed E-state index contributed by atoms with van der Waals surface area (Å²) in [4.78, 5) is 14.4. The number of thiazole rings is 1. The third-order valence-electron chi connectivity index (χ3n) is 4.03. The minimum atomic E-state index is -3.57. The zero-order valence-electron chi connectivity index (χ0n) is 13.8. The summed E-state index contributed by atoms with van der Waals surface area (Å²) < 4.78 is 28.3. The summed E-state index contributed by atoms with van der Waals surface area (Å²) >= 11 is 1.32. The van der Waals surface area contributed by atoms with Crippen molar-refractivity contribution < 1.29 is 18.2 Å². The topological polar surface area (TPSA) is 89.6 Å². The van der Waals surface area contributed by atoms with Gasteiger partial charge < -0.3 is 10.2 Å². The maximum atomic E-state index is 12.5. The van der Waals surface area contributed by atoms with E-state index < -0.39 is 10.0 Å². The van der Waals surface area contributed by atoms with E-state index in [-0.39, 0.29) is 4.90 Å². The van der Waals surface area contributed by atoms with Gasteiger partial charge in [0.1, 0.15) is 11.5 Å². The van der Waals surface area contributed by atoms with Crippen LogP contribution in [-0.2, 0) is 28.1 Å². The molecule has 136 valence electrons. The molecule has 3 aromatic rings. The fourth-order valence-electron chi connectivity index (χ4n) is 2.72. The molecule has 0 bridgehead atoms. The Bertz CT molecular complexity index is 1030. The van der Waals surface area contributed by atoms with Crippen molar-refractivity contribution in [3.63, 3.8) is 0 Å². The third-order valence-corrected chi connectivity index (χ3v) is 6.54. The molecule has 2 heterocycles. The van der Waals surface area contributed by atoms with Gasteiger partial charge in [0.2, 0.25) is 10.0 Å². The number of hydrogen-bond acceptors (Lipinski definition) is 7. The van der Waals surface area contributed by atoms with E-state index in [1.54, 1.807) is 23.7 Å². The van der Waals surface area contributed by atoms with Crippen LogP contribution in [0.1, 0.15) is 11.1 Å². The summed E-state index contributed by atoms with van der Waals surface area (Å²) in [5.74, 6) is 0.739. The predicted octanol–water partition coefficient (Wildman–Crippen LogP) is 2.19. The second kappa shape index (κ2) is 7.29. The number of hydrogen-bond donors (Lipinski definition) is 2. The number of fused-ring (bicyclic) bond motifs is 2. The summed E-state index contributed by atoms with van der Waals surface area (Å²) in [5, 5.41) is 3.22. The quantitative estimate of drug-likeness (QED) is 0.474. The molecule has 4 rings (SSSR count). The number of aromatic nitrogens is 1. The average Bonchev–Trinajstić information content (AvgIpc) is 3.29. The lowest BCUT2D eigenvalue weighted by Crippen LogP contribution is -2.31. The molecule has 0 saturated carbocycles. The second-order valence-corrected chi connectivity index (χ2v) is 8.41. The summed E-state index contributed by atoms with van der Waals surface area (Å²) in [6.07, 6.45) is 0. The molecule has 2 N–H and O–H groups in total. The monoisotopic (exact) mass is 391 g/mol. The maximum absolute atomic E-state index is 12.5. The first-order chi connectivity index (χ1) is 12.6. The van der Waals surface area contributed by atoms with Gasteiger partial charge in [-0.2, -0.15) is 4.89 Å². The largest absolute Gasteiger partial charge is 0.337 e. The van der Waals surface area contributed by atoms with Crippen LogP contribution in [0.15, 0.2) is 46.8 Å². The molecule has 0 aliphatic carbocycles. The van der Waals surface area contributed by atoms with Gasteiger partial charge in [0.05, 0.1) is 15.7 Å². The maximum Gasteiger partial charge on any atom is 0.242 e. The first-order valence-electron chi connectivity index (χ1n) is 8.07. The smallest absolute Gasteiger partial charge is 0.242 e. The Morgan fingerprint density at radius 1 is 1.19 bits per heavy atom. The summed E-state index contributed by atoms with van der Waals surface area (Å²) in [6, 6.07) is 11.0. The Balaban J connectivity index is 1.31. The van der Waals surface area contributed by atoms with E-state index in [1.807, 2.05) is 18.2 Å². The van der Waals surface area contributed by atoms with Crippen molar-refractivity contribution in [2.45, 2.75) is 18.0 Å². The zero-order valence-corrected chi connectivity index (χ0v) is 15.4. The Morgan fingerprint density at radius 3 is 3.04 bits per heavy atom. The molecule has 0 saturated heterocycles. The molecule has 0 unspecified atom stereocenters. The van der Waals surface area contributed by atoms with E-state index in [9.17, 15) is 8.42 Å². The number of rotatable bonds is 7. The Morgan fingerprint density at radius 2 is 2.12 bits per heavy atom. The van der Waals surface area contributed by atoms with Gasteiger partial charge in [0, 0.05) is 25.2 Å².